The van der Waals surface area contributed by atoms with Gasteiger partial charge in [-0.3, -0.25) is 9.69 Å². The molecule has 27 heavy (non-hydrogen) atoms. The van der Waals surface area contributed by atoms with Crippen molar-refractivity contribution < 1.29 is 22.8 Å². The fraction of sp³-hybridized carbons (Fsp3) is 0.300. The van der Waals surface area contributed by atoms with Gasteiger partial charge in [-0.05, 0) is 30.5 Å². The van der Waals surface area contributed by atoms with Crippen LogP contribution < -0.4 is 5.32 Å². The Balaban J connectivity index is 1.97. The number of hydrogen-bond acceptors (Lipinski definition) is 2. The second-order valence-electron chi connectivity index (χ2n) is 6.60. The van der Waals surface area contributed by atoms with E-state index in [1.54, 1.807) is 19.1 Å². The molecule has 142 valence electrons. The number of benzene rings is 2. The van der Waals surface area contributed by atoms with Crippen LogP contribution in [-0.4, -0.2) is 16.8 Å². The molecular formula is C20H19F3N2O2. The van der Waals surface area contributed by atoms with E-state index in [9.17, 15) is 22.8 Å². The number of carbonyl (C=O) groups is 2. The minimum atomic E-state index is -4.56. The third kappa shape index (κ3) is 3.29. The normalized spacial score (nSPS) is 20.1. The van der Waals surface area contributed by atoms with Gasteiger partial charge < -0.3 is 5.32 Å². The molecule has 0 spiro atoms. The summed E-state index contributed by atoms with van der Waals surface area (Å²) in [5.74, 6) is -0.546. The van der Waals surface area contributed by atoms with Crippen molar-refractivity contribution in [1.29, 1.82) is 0 Å². The highest BCUT2D eigenvalue weighted by Crippen LogP contribution is 2.36. The molecule has 0 aliphatic carbocycles. The van der Waals surface area contributed by atoms with Crippen LogP contribution in [0.25, 0.3) is 0 Å². The third-order valence-electron chi connectivity index (χ3n) is 4.90. The smallest absolute Gasteiger partial charge is 0.319 e. The predicted octanol–water partition coefficient (Wildman–Crippen LogP) is 4.37. The van der Waals surface area contributed by atoms with Crippen LogP contribution in [0.2, 0.25) is 0 Å². The molecule has 7 heteroatoms. The highest BCUT2D eigenvalue weighted by atomic mass is 19.4. The van der Waals surface area contributed by atoms with E-state index in [0.29, 0.717) is 5.56 Å². The van der Waals surface area contributed by atoms with Gasteiger partial charge in [0.2, 0.25) is 0 Å². The second-order valence-corrected chi connectivity index (χ2v) is 6.60. The van der Waals surface area contributed by atoms with Gasteiger partial charge in [-0.15, -0.1) is 0 Å². The van der Waals surface area contributed by atoms with Crippen molar-refractivity contribution in [3.8, 4) is 0 Å². The number of carbonyl (C=O) groups excluding carboxylic acids is 2. The van der Waals surface area contributed by atoms with E-state index >= 15 is 0 Å². The maximum absolute atomic E-state index is 13.2. The summed E-state index contributed by atoms with van der Waals surface area (Å²) in [6, 6.07) is 11.4. The summed E-state index contributed by atoms with van der Waals surface area (Å²) in [5.41, 5.74) is -0.629. The lowest BCUT2D eigenvalue weighted by molar-refractivity contribution is -0.139. The summed E-state index contributed by atoms with van der Waals surface area (Å²) in [5, 5.41) is 2.69. The largest absolute Gasteiger partial charge is 0.416 e. The van der Waals surface area contributed by atoms with Gasteiger partial charge in [-0.25, -0.2) is 4.79 Å². The monoisotopic (exact) mass is 376 g/mol. The average Bonchev–Trinajstić information content (AvgIpc) is 2.87. The maximum Gasteiger partial charge on any atom is 0.416 e. The average molecular weight is 376 g/mol. The first-order valence-electron chi connectivity index (χ1n) is 8.55. The Morgan fingerprint density at radius 2 is 1.67 bits per heavy atom. The van der Waals surface area contributed by atoms with Crippen molar-refractivity contribution in [2.24, 2.45) is 0 Å². The molecule has 1 aliphatic rings. The van der Waals surface area contributed by atoms with Gasteiger partial charge in [0, 0.05) is 0 Å². The molecule has 4 nitrogen and oxygen atoms in total. The molecule has 1 aliphatic heterocycles. The van der Waals surface area contributed by atoms with Crippen molar-refractivity contribution in [2.75, 3.05) is 0 Å². The van der Waals surface area contributed by atoms with Gasteiger partial charge in [0.25, 0.3) is 5.91 Å². The molecule has 1 unspecified atom stereocenters. The molecule has 2 aromatic carbocycles. The van der Waals surface area contributed by atoms with Crippen LogP contribution in [0.15, 0.2) is 48.5 Å². The first-order valence-corrected chi connectivity index (χ1v) is 8.55. The van der Waals surface area contributed by atoms with Crippen LogP contribution >= 0.6 is 0 Å². The SMILES string of the molecule is CCC1(c2ccc(C)cc2)NC(=O)N(Cc2ccccc2C(F)(F)F)C1=O. The van der Waals surface area contributed by atoms with Crippen LogP contribution in [0.5, 0.6) is 0 Å². The molecule has 2 aromatic rings. The van der Waals surface area contributed by atoms with Crippen LogP contribution in [0, 0.1) is 6.92 Å². The Morgan fingerprint density at radius 3 is 2.26 bits per heavy atom. The van der Waals surface area contributed by atoms with Gasteiger partial charge in [-0.2, -0.15) is 13.2 Å². The third-order valence-corrected chi connectivity index (χ3v) is 4.90. The highest BCUT2D eigenvalue weighted by molar-refractivity contribution is 6.07. The summed E-state index contributed by atoms with van der Waals surface area (Å²) < 4.78 is 39.7. The molecular weight excluding hydrogens is 357 g/mol. The Morgan fingerprint density at radius 1 is 1.04 bits per heavy atom. The highest BCUT2D eigenvalue weighted by Gasteiger charge is 2.51. The lowest BCUT2D eigenvalue weighted by Gasteiger charge is -2.26. The van der Waals surface area contributed by atoms with Crippen molar-refractivity contribution >= 4 is 11.9 Å². The summed E-state index contributed by atoms with van der Waals surface area (Å²) in [7, 11) is 0. The molecule has 1 heterocycles. The van der Waals surface area contributed by atoms with E-state index in [4.69, 9.17) is 0 Å². The van der Waals surface area contributed by atoms with E-state index in [-0.39, 0.29) is 12.0 Å². The maximum atomic E-state index is 13.2. The summed E-state index contributed by atoms with van der Waals surface area (Å²) >= 11 is 0. The van der Waals surface area contributed by atoms with Gasteiger partial charge in [0.05, 0.1) is 12.1 Å². The topological polar surface area (TPSA) is 49.4 Å². The minimum Gasteiger partial charge on any atom is -0.319 e. The van der Waals surface area contributed by atoms with Crippen molar-refractivity contribution in [3.63, 3.8) is 0 Å². The number of halogens is 3. The van der Waals surface area contributed by atoms with E-state index < -0.39 is 35.8 Å². The zero-order valence-corrected chi connectivity index (χ0v) is 14.9. The zero-order valence-electron chi connectivity index (χ0n) is 14.9. The Labute approximate surface area is 155 Å². The summed E-state index contributed by atoms with van der Waals surface area (Å²) in [6.07, 6.45) is -4.27. The number of amides is 3. The molecule has 3 amide bonds. The lowest BCUT2D eigenvalue weighted by atomic mass is 9.86. The molecule has 0 aromatic heterocycles. The van der Waals surface area contributed by atoms with Gasteiger partial charge in [0.1, 0.15) is 5.54 Å². The van der Waals surface area contributed by atoms with Gasteiger partial charge >= 0.3 is 12.2 Å². The number of urea groups is 1. The van der Waals surface area contributed by atoms with Crippen LogP contribution in [0.1, 0.15) is 35.6 Å². The zero-order chi connectivity index (χ0) is 19.8. The van der Waals surface area contributed by atoms with Gasteiger partial charge in [0.15, 0.2) is 0 Å². The molecule has 3 rings (SSSR count). The Hall–Kier alpha value is -2.83. The van der Waals surface area contributed by atoms with Crippen molar-refractivity contribution in [3.05, 3.63) is 70.8 Å². The first kappa shape index (κ1) is 18.9. The molecule has 0 radical (unpaired) electrons. The lowest BCUT2D eigenvalue weighted by Crippen LogP contribution is -2.43. The van der Waals surface area contributed by atoms with Crippen LogP contribution in [-0.2, 0) is 23.1 Å². The quantitative estimate of drug-likeness (QED) is 0.806. The number of hydrogen-bond donors (Lipinski definition) is 1. The van der Waals surface area contributed by atoms with E-state index in [2.05, 4.69) is 5.32 Å². The van der Waals surface area contributed by atoms with Crippen molar-refractivity contribution in [1.82, 2.24) is 10.2 Å². The van der Waals surface area contributed by atoms with Gasteiger partial charge in [-0.1, -0.05) is 55.0 Å². The van der Waals surface area contributed by atoms with E-state index in [0.717, 1.165) is 16.5 Å². The van der Waals surface area contributed by atoms with Crippen LogP contribution in [0.4, 0.5) is 18.0 Å². The minimum absolute atomic E-state index is 0.121. The fourth-order valence-electron chi connectivity index (χ4n) is 3.35. The first-order chi connectivity index (χ1) is 12.7. The van der Waals surface area contributed by atoms with E-state index in [1.807, 2.05) is 19.1 Å². The fourth-order valence-corrected chi connectivity index (χ4v) is 3.35. The van der Waals surface area contributed by atoms with Crippen molar-refractivity contribution in [2.45, 2.75) is 38.5 Å². The molecule has 0 saturated carbocycles. The standard InChI is InChI=1S/C20H19F3N2O2/c1-3-19(15-10-8-13(2)9-11-15)17(26)25(18(27)24-19)12-14-6-4-5-7-16(14)20(21,22)23/h4-11H,3,12H2,1-2H3,(H,24,27). The number of aryl methyl sites for hydroxylation is 1. The number of nitrogens with one attached hydrogen (secondary N) is 1. The number of imide groups is 1. The van der Waals surface area contributed by atoms with E-state index in [1.165, 1.54) is 18.2 Å². The predicted molar refractivity (Wildman–Crippen MR) is 93.7 cm³/mol. The van der Waals surface area contributed by atoms with Crippen LogP contribution in [0.3, 0.4) is 0 Å². The molecule has 1 fully saturated rings. The Kier molecular flexibility index (Phi) is 4.71. The number of nitrogens with zero attached hydrogens (tertiary/aromatic N) is 1. The Bertz CT molecular complexity index is 878. The summed E-state index contributed by atoms with van der Waals surface area (Å²) in [6.45, 7) is 3.22. The number of alkyl halides is 3. The molecule has 1 atom stereocenters. The molecule has 1 N–H and O–H groups in total. The molecule has 0 bridgehead atoms. The molecule has 1 saturated heterocycles. The summed E-state index contributed by atoms with van der Waals surface area (Å²) in [4.78, 5) is 26.4. The number of rotatable bonds is 4. The second kappa shape index (κ2) is 6.72.